The van der Waals surface area contributed by atoms with Gasteiger partial charge in [-0.1, -0.05) is 48.0 Å². The number of fused-ring (bicyclic) bond motifs is 5. The van der Waals surface area contributed by atoms with Gasteiger partial charge < -0.3 is 89.3 Å². The van der Waals surface area contributed by atoms with Crippen molar-refractivity contribution in [3.63, 3.8) is 0 Å². The standard InChI is InChI=1S/C48H82O19/c1-9-24(19(2)3)27(51)16-20(4)29-39(33(54)30-25-11-10-22-17-23(50)12-14-47(22,6)26(25)13-15-48(29,30)7)64-46-41(66-45-37(58)35(56)32(53)28(18-49)63-45)38(59)40(42(67-46)43(60)61-8)65-44-36(57)34(55)31(52)21(5)62-44/h19-42,44-46,49-59H,9-18H2,1-8H3/t20-,21+,22+,23+,24-,25-,26+,27+,28-,29+,30-,31+,32-,33+,34-,35+,36-,37-,38+,39-,40+,41-,42+,44+,45+,46-,47+,48-/m1/s1. The van der Waals surface area contributed by atoms with Crippen molar-refractivity contribution < 1.29 is 94.1 Å². The molecule has 4 aliphatic carbocycles. The molecule has 19 nitrogen and oxygen atoms in total. The first kappa shape index (κ1) is 53.6. The van der Waals surface area contributed by atoms with Gasteiger partial charge in [0.05, 0.1) is 44.2 Å². The van der Waals surface area contributed by atoms with E-state index in [1.54, 1.807) is 0 Å². The van der Waals surface area contributed by atoms with Crippen LogP contribution in [0, 0.1) is 58.2 Å². The van der Waals surface area contributed by atoms with Crippen LogP contribution in [0.15, 0.2) is 0 Å². The maximum atomic E-state index is 13.7. The Hall–Kier alpha value is -1.21. The van der Waals surface area contributed by atoms with E-state index < -0.39 is 134 Å². The Morgan fingerprint density at radius 3 is 1.94 bits per heavy atom. The van der Waals surface area contributed by atoms with Crippen molar-refractivity contribution in [3.8, 4) is 0 Å². The monoisotopic (exact) mass is 963 g/mol. The van der Waals surface area contributed by atoms with Crippen molar-refractivity contribution >= 4 is 5.97 Å². The van der Waals surface area contributed by atoms with E-state index in [1.807, 2.05) is 13.8 Å². The van der Waals surface area contributed by atoms with Crippen LogP contribution in [0.1, 0.15) is 106 Å². The van der Waals surface area contributed by atoms with Gasteiger partial charge in [-0.05, 0) is 116 Å². The molecule has 3 heterocycles. The number of carbonyl (C=O) groups excluding carboxylic acids is 1. The molecule has 19 heteroatoms. The van der Waals surface area contributed by atoms with Crippen molar-refractivity contribution in [1.29, 1.82) is 0 Å². The average Bonchev–Trinajstić information content (AvgIpc) is 3.51. The van der Waals surface area contributed by atoms with Gasteiger partial charge in [-0.3, -0.25) is 0 Å². The van der Waals surface area contributed by atoms with E-state index in [0.29, 0.717) is 12.3 Å². The maximum Gasteiger partial charge on any atom is 0.337 e. The first-order chi connectivity index (χ1) is 31.5. The molecule has 7 aliphatic rings. The molecule has 3 aliphatic heterocycles. The number of aliphatic hydroxyl groups is 11. The lowest BCUT2D eigenvalue weighted by Crippen LogP contribution is -2.67. The third kappa shape index (κ3) is 9.76. The lowest BCUT2D eigenvalue weighted by atomic mass is 9.44. The lowest BCUT2D eigenvalue weighted by molar-refractivity contribution is -0.388. The number of aliphatic hydroxyl groups excluding tert-OH is 11. The zero-order chi connectivity index (χ0) is 49.2. The van der Waals surface area contributed by atoms with Crippen LogP contribution in [-0.2, 0) is 38.0 Å². The van der Waals surface area contributed by atoms with Crippen molar-refractivity contribution in [3.05, 3.63) is 0 Å². The number of carbonyl (C=O) groups is 1. The van der Waals surface area contributed by atoms with E-state index in [-0.39, 0.29) is 47.0 Å². The van der Waals surface area contributed by atoms with E-state index in [9.17, 15) is 61.0 Å². The summed E-state index contributed by atoms with van der Waals surface area (Å²) in [7, 11) is 1.07. The molecule has 0 aromatic rings. The second-order valence-electron chi connectivity index (χ2n) is 22.3. The zero-order valence-corrected chi connectivity index (χ0v) is 40.3. The highest BCUT2D eigenvalue weighted by atomic mass is 16.8. The van der Waals surface area contributed by atoms with Crippen LogP contribution < -0.4 is 0 Å². The number of rotatable bonds is 14. The fourth-order valence-electron chi connectivity index (χ4n) is 14.7. The van der Waals surface area contributed by atoms with Crippen LogP contribution in [0.4, 0.5) is 0 Å². The van der Waals surface area contributed by atoms with Crippen molar-refractivity contribution in [2.45, 2.75) is 223 Å². The predicted octanol–water partition coefficient (Wildman–Crippen LogP) is -0.302. The molecule has 0 aromatic heterocycles. The smallest absolute Gasteiger partial charge is 0.337 e. The van der Waals surface area contributed by atoms with Crippen LogP contribution in [0.2, 0.25) is 0 Å². The number of hydrogen-bond donors (Lipinski definition) is 11. The molecule has 67 heavy (non-hydrogen) atoms. The SMILES string of the molecule is CC[C@H](C(C)C)[C@@H](O)C[C@@H](C)[C@H]1[C@@H](O[C@@H]2O[C@H](C(=O)OC)[C@@H](O[C@@H]3O[C@@H](C)[C@H](O)[C@@H](O)[C@H]3O)[C@H](O)[C@H]2O[C@@H]2O[C@H](CO)[C@@H](O)[C@H](O)[C@H]2O)[C@@H](O)[C@H]2[C@@H]3CC[C@H]4C[C@@H](O)CC[C@]4(C)[C@H]3CC[C@]12C. The molecule has 7 fully saturated rings. The summed E-state index contributed by atoms with van der Waals surface area (Å²) in [5.74, 6) is -1.19. The molecule has 0 bridgehead atoms. The quantitative estimate of drug-likeness (QED) is 0.0996. The predicted molar refractivity (Wildman–Crippen MR) is 234 cm³/mol. The molecule has 0 amide bonds. The third-order valence-electron chi connectivity index (χ3n) is 18.3. The van der Waals surface area contributed by atoms with Crippen LogP contribution in [0.5, 0.6) is 0 Å². The summed E-state index contributed by atoms with van der Waals surface area (Å²) in [6.45, 7) is 13.4. The summed E-state index contributed by atoms with van der Waals surface area (Å²) >= 11 is 0. The second-order valence-corrected chi connectivity index (χ2v) is 22.3. The van der Waals surface area contributed by atoms with Gasteiger partial charge >= 0.3 is 5.97 Å². The molecule has 4 saturated carbocycles. The van der Waals surface area contributed by atoms with Gasteiger partial charge in [0.1, 0.15) is 61.0 Å². The largest absolute Gasteiger partial charge is 0.467 e. The minimum absolute atomic E-state index is 0.00530. The molecule has 3 saturated heterocycles. The number of hydrogen-bond acceptors (Lipinski definition) is 19. The second kappa shape index (κ2) is 21.1. The Balaban J connectivity index is 1.28. The highest BCUT2D eigenvalue weighted by Crippen LogP contribution is 2.69. The molecule has 0 aromatic carbocycles. The number of esters is 1. The van der Waals surface area contributed by atoms with Crippen LogP contribution >= 0.6 is 0 Å². The third-order valence-corrected chi connectivity index (χ3v) is 18.3. The van der Waals surface area contributed by atoms with Gasteiger partial charge in [-0.2, -0.15) is 0 Å². The fraction of sp³-hybridized carbons (Fsp3) is 0.979. The van der Waals surface area contributed by atoms with Crippen LogP contribution in [0.25, 0.3) is 0 Å². The summed E-state index contributed by atoms with van der Waals surface area (Å²) in [6, 6.07) is 0. The van der Waals surface area contributed by atoms with E-state index >= 15 is 0 Å². The van der Waals surface area contributed by atoms with Crippen molar-refractivity contribution in [2.24, 2.45) is 58.2 Å². The van der Waals surface area contributed by atoms with Gasteiger partial charge in [0.2, 0.25) is 0 Å². The molecule has 11 N–H and O–H groups in total. The first-order valence-electron chi connectivity index (χ1n) is 25.0. The average molecular weight is 963 g/mol. The molecular formula is C48H82O19. The Kier molecular flexibility index (Phi) is 16.9. The van der Waals surface area contributed by atoms with E-state index in [0.717, 1.165) is 58.5 Å². The van der Waals surface area contributed by atoms with Gasteiger partial charge in [0, 0.05) is 0 Å². The number of methoxy groups -OCH3 is 1. The van der Waals surface area contributed by atoms with Crippen molar-refractivity contribution in [1.82, 2.24) is 0 Å². The van der Waals surface area contributed by atoms with Gasteiger partial charge in [-0.15, -0.1) is 0 Å². The Bertz CT molecular complexity index is 1640. The minimum atomic E-state index is -2.02. The summed E-state index contributed by atoms with van der Waals surface area (Å²) in [6.07, 6.45) is -22.6. The van der Waals surface area contributed by atoms with Crippen LogP contribution in [0.3, 0.4) is 0 Å². The molecule has 0 radical (unpaired) electrons. The molecule has 7 rings (SSSR count). The minimum Gasteiger partial charge on any atom is -0.467 e. The highest BCUT2D eigenvalue weighted by molar-refractivity contribution is 5.75. The molecule has 388 valence electrons. The van der Waals surface area contributed by atoms with E-state index in [1.165, 1.54) is 6.92 Å². The van der Waals surface area contributed by atoms with E-state index in [2.05, 4.69) is 27.7 Å². The fourth-order valence-corrected chi connectivity index (χ4v) is 14.7. The molecule has 0 unspecified atom stereocenters. The number of ether oxygens (including phenoxy) is 7. The molecule has 0 spiro atoms. The normalized spacial score (nSPS) is 51.6. The van der Waals surface area contributed by atoms with Crippen molar-refractivity contribution in [2.75, 3.05) is 13.7 Å². The first-order valence-corrected chi connectivity index (χ1v) is 25.0. The van der Waals surface area contributed by atoms with Gasteiger partial charge in [0.25, 0.3) is 0 Å². The summed E-state index contributed by atoms with van der Waals surface area (Å²) in [4.78, 5) is 13.7. The van der Waals surface area contributed by atoms with Gasteiger partial charge in [-0.25, -0.2) is 4.79 Å². The molecular weight excluding hydrogens is 881 g/mol. The van der Waals surface area contributed by atoms with E-state index in [4.69, 9.17) is 33.2 Å². The lowest BCUT2D eigenvalue weighted by Gasteiger charge is -2.61. The maximum absolute atomic E-state index is 13.7. The summed E-state index contributed by atoms with van der Waals surface area (Å²) in [5.41, 5.74) is -0.595. The Morgan fingerprint density at radius 1 is 0.701 bits per heavy atom. The summed E-state index contributed by atoms with van der Waals surface area (Å²) in [5, 5.41) is 123. The Labute approximate surface area is 394 Å². The highest BCUT2D eigenvalue weighted by Gasteiger charge is 2.68. The zero-order valence-electron chi connectivity index (χ0n) is 40.3. The van der Waals surface area contributed by atoms with Gasteiger partial charge in [0.15, 0.2) is 25.0 Å². The van der Waals surface area contributed by atoms with Crippen LogP contribution in [-0.4, -0.2) is 192 Å². The summed E-state index contributed by atoms with van der Waals surface area (Å²) < 4.78 is 42.2. The Morgan fingerprint density at radius 2 is 1.31 bits per heavy atom. The molecule has 28 atom stereocenters. The topological polar surface area (TPSA) is 304 Å².